The van der Waals surface area contributed by atoms with E-state index in [9.17, 15) is 9.59 Å². The molecule has 1 aromatic carbocycles. The number of hydrogen-bond acceptors (Lipinski definition) is 2. The molecule has 1 saturated carbocycles. The molecule has 130 valence electrons. The monoisotopic (exact) mass is 332 g/mol. The van der Waals surface area contributed by atoms with E-state index in [4.69, 9.17) is 0 Å². The van der Waals surface area contributed by atoms with Gasteiger partial charge in [-0.1, -0.05) is 30.3 Å². The molecule has 1 aromatic rings. The third-order valence-electron chi connectivity index (χ3n) is 4.92. The lowest BCUT2D eigenvalue weighted by Gasteiger charge is -2.36. The van der Waals surface area contributed by atoms with Crippen LogP contribution in [0, 0.1) is 5.92 Å². The number of nitrogens with zero attached hydrogens (tertiary/aromatic N) is 1. The number of aryl methyl sites for hydroxylation is 1. The molecule has 0 radical (unpaired) electrons. The maximum atomic E-state index is 15.0. The molecule has 3 rings (SSSR count). The molecule has 2 amide bonds. The van der Waals surface area contributed by atoms with Gasteiger partial charge in [0.1, 0.15) is 0 Å². The lowest BCUT2D eigenvalue weighted by Crippen LogP contribution is -2.55. The molecule has 4 nitrogen and oxygen atoms in total. The van der Waals surface area contributed by atoms with Crippen LogP contribution in [0.25, 0.3) is 0 Å². The minimum Gasteiger partial charge on any atom is -0.353 e. The number of benzene rings is 1. The second-order valence-electron chi connectivity index (χ2n) is 7.02. The van der Waals surface area contributed by atoms with E-state index in [1.165, 1.54) is 4.90 Å². The highest BCUT2D eigenvalue weighted by atomic mass is 19.1. The van der Waals surface area contributed by atoms with Gasteiger partial charge < -0.3 is 10.2 Å². The summed E-state index contributed by atoms with van der Waals surface area (Å²) in [5.74, 6) is -0.102. The number of hydrogen-bond donors (Lipinski definition) is 1. The molecule has 1 heterocycles. The molecule has 1 unspecified atom stereocenters. The first-order valence-corrected chi connectivity index (χ1v) is 8.86. The zero-order valence-corrected chi connectivity index (χ0v) is 14.0. The van der Waals surface area contributed by atoms with Crippen molar-refractivity contribution in [1.29, 1.82) is 0 Å². The normalized spacial score (nSPS) is 23.8. The molecule has 1 N–H and O–H groups in total. The Labute approximate surface area is 142 Å². The Hall–Kier alpha value is -1.91. The van der Waals surface area contributed by atoms with Crippen LogP contribution >= 0.6 is 0 Å². The summed E-state index contributed by atoms with van der Waals surface area (Å²) in [5.41, 5.74) is -0.841. The minimum absolute atomic E-state index is 0.0735. The number of halogens is 1. The summed E-state index contributed by atoms with van der Waals surface area (Å²) in [6.07, 6.45) is 3.96. The van der Waals surface area contributed by atoms with Gasteiger partial charge in [-0.15, -0.1) is 0 Å². The minimum atomic E-state index is -1.93. The Kier molecular flexibility index (Phi) is 5.17. The van der Waals surface area contributed by atoms with Crippen molar-refractivity contribution in [2.24, 2.45) is 5.92 Å². The second-order valence-corrected chi connectivity index (χ2v) is 7.02. The van der Waals surface area contributed by atoms with Crippen LogP contribution < -0.4 is 5.32 Å². The molecule has 2 fully saturated rings. The van der Waals surface area contributed by atoms with Gasteiger partial charge in [-0.3, -0.25) is 9.59 Å². The highest BCUT2D eigenvalue weighted by Crippen LogP contribution is 2.29. The molecule has 1 aliphatic heterocycles. The van der Waals surface area contributed by atoms with Crippen LogP contribution in [0.15, 0.2) is 30.3 Å². The van der Waals surface area contributed by atoms with Crippen LogP contribution in [0.5, 0.6) is 0 Å². The highest BCUT2D eigenvalue weighted by Gasteiger charge is 2.44. The summed E-state index contributed by atoms with van der Waals surface area (Å²) < 4.78 is 15.0. The van der Waals surface area contributed by atoms with Gasteiger partial charge in [0, 0.05) is 19.5 Å². The van der Waals surface area contributed by atoms with E-state index in [1.807, 2.05) is 30.3 Å². The quantitative estimate of drug-likeness (QED) is 0.870. The zero-order chi connectivity index (χ0) is 17.0. The average molecular weight is 332 g/mol. The van der Waals surface area contributed by atoms with Crippen molar-refractivity contribution in [2.75, 3.05) is 19.6 Å². The summed E-state index contributed by atoms with van der Waals surface area (Å²) in [6, 6.07) is 9.78. The number of carbonyl (C=O) groups excluding carboxylic acids is 2. The SMILES string of the molecule is O=C(CCc1ccccc1)N1CCCC(F)(C(=O)NCC2CC2)C1. The number of alkyl halides is 1. The number of carbonyl (C=O) groups is 2. The third kappa shape index (κ3) is 4.34. The van der Waals surface area contributed by atoms with E-state index in [0.29, 0.717) is 38.3 Å². The van der Waals surface area contributed by atoms with Gasteiger partial charge in [0.2, 0.25) is 11.6 Å². The lowest BCUT2D eigenvalue weighted by atomic mass is 9.93. The smallest absolute Gasteiger partial charge is 0.259 e. The van der Waals surface area contributed by atoms with Crippen molar-refractivity contribution in [3.63, 3.8) is 0 Å². The summed E-state index contributed by atoms with van der Waals surface area (Å²) >= 11 is 0. The summed E-state index contributed by atoms with van der Waals surface area (Å²) in [7, 11) is 0. The lowest BCUT2D eigenvalue weighted by molar-refractivity contribution is -0.143. The molecular weight excluding hydrogens is 307 g/mol. The van der Waals surface area contributed by atoms with Crippen molar-refractivity contribution in [1.82, 2.24) is 10.2 Å². The summed E-state index contributed by atoms with van der Waals surface area (Å²) in [5, 5.41) is 2.72. The van der Waals surface area contributed by atoms with Crippen LogP contribution in [0.4, 0.5) is 4.39 Å². The van der Waals surface area contributed by atoms with Crippen molar-refractivity contribution in [3.05, 3.63) is 35.9 Å². The van der Waals surface area contributed by atoms with E-state index in [2.05, 4.69) is 5.32 Å². The molecule has 2 aliphatic rings. The van der Waals surface area contributed by atoms with Crippen LogP contribution in [0.2, 0.25) is 0 Å². The van der Waals surface area contributed by atoms with Gasteiger partial charge in [0.25, 0.3) is 5.91 Å². The van der Waals surface area contributed by atoms with Crippen LogP contribution in [0.1, 0.15) is 37.7 Å². The van der Waals surface area contributed by atoms with Crippen LogP contribution in [-0.4, -0.2) is 42.0 Å². The van der Waals surface area contributed by atoms with E-state index < -0.39 is 11.6 Å². The Morgan fingerprint density at radius 1 is 1.25 bits per heavy atom. The van der Waals surface area contributed by atoms with E-state index in [0.717, 1.165) is 18.4 Å². The maximum Gasteiger partial charge on any atom is 0.259 e. The molecule has 1 aliphatic carbocycles. The molecule has 0 aromatic heterocycles. The average Bonchev–Trinajstić information content (AvgIpc) is 3.43. The molecule has 24 heavy (non-hydrogen) atoms. The number of piperidine rings is 1. The highest BCUT2D eigenvalue weighted by molar-refractivity contribution is 5.87. The summed E-state index contributed by atoms with van der Waals surface area (Å²) in [6.45, 7) is 0.985. The Morgan fingerprint density at radius 3 is 2.71 bits per heavy atom. The van der Waals surface area contributed by atoms with Crippen molar-refractivity contribution in [3.8, 4) is 0 Å². The fourth-order valence-corrected chi connectivity index (χ4v) is 3.18. The van der Waals surface area contributed by atoms with Gasteiger partial charge in [0.05, 0.1) is 6.54 Å². The predicted molar refractivity (Wildman–Crippen MR) is 90.1 cm³/mol. The Bertz CT molecular complexity index is 588. The van der Waals surface area contributed by atoms with Crippen LogP contribution in [-0.2, 0) is 16.0 Å². The Balaban J connectivity index is 1.51. The first kappa shape index (κ1) is 16.9. The number of nitrogens with one attached hydrogen (secondary N) is 1. The standard InChI is InChI=1S/C19H25FN2O2/c20-19(18(24)21-13-16-7-8-16)11-4-12-22(14-19)17(23)10-9-15-5-2-1-3-6-15/h1-3,5-6,16H,4,7-14H2,(H,21,24). The predicted octanol–water partition coefficient (Wildman–Crippen LogP) is 2.48. The zero-order valence-electron chi connectivity index (χ0n) is 14.0. The molecule has 1 saturated heterocycles. The molecule has 0 bridgehead atoms. The first-order chi connectivity index (χ1) is 11.6. The number of likely N-dealkylation sites (tertiary alicyclic amines) is 1. The van der Waals surface area contributed by atoms with Crippen molar-refractivity contribution in [2.45, 2.75) is 44.2 Å². The van der Waals surface area contributed by atoms with Crippen molar-refractivity contribution < 1.29 is 14.0 Å². The van der Waals surface area contributed by atoms with Gasteiger partial charge in [-0.2, -0.15) is 0 Å². The molecule has 0 spiro atoms. The first-order valence-electron chi connectivity index (χ1n) is 8.86. The second kappa shape index (κ2) is 7.32. The van der Waals surface area contributed by atoms with Gasteiger partial charge in [0.15, 0.2) is 0 Å². The number of rotatable bonds is 6. The number of amides is 2. The maximum absolute atomic E-state index is 15.0. The van der Waals surface area contributed by atoms with Crippen LogP contribution in [0.3, 0.4) is 0 Å². The molecular formula is C19H25FN2O2. The molecule has 1 atom stereocenters. The topological polar surface area (TPSA) is 49.4 Å². The van der Waals surface area contributed by atoms with Gasteiger partial charge >= 0.3 is 0 Å². The largest absolute Gasteiger partial charge is 0.353 e. The molecule has 5 heteroatoms. The summed E-state index contributed by atoms with van der Waals surface area (Å²) in [4.78, 5) is 26.1. The van der Waals surface area contributed by atoms with E-state index in [1.54, 1.807) is 0 Å². The van der Waals surface area contributed by atoms with Gasteiger partial charge in [-0.25, -0.2) is 4.39 Å². The van der Waals surface area contributed by atoms with E-state index >= 15 is 4.39 Å². The third-order valence-corrected chi connectivity index (χ3v) is 4.92. The fraction of sp³-hybridized carbons (Fsp3) is 0.579. The van der Waals surface area contributed by atoms with Crippen molar-refractivity contribution >= 4 is 11.8 Å². The van der Waals surface area contributed by atoms with Gasteiger partial charge in [-0.05, 0) is 43.6 Å². The fourth-order valence-electron chi connectivity index (χ4n) is 3.18. The Morgan fingerprint density at radius 2 is 2.00 bits per heavy atom. The van der Waals surface area contributed by atoms with E-state index in [-0.39, 0.29) is 18.9 Å².